The van der Waals surface area contributed by atoms with Crippen LogP contribution in [0, 0.1) is 28.6 Å². The Hall–Kier alpha value is -2.19. The van der Waals surface area contributed by atoms with E-state index in [1.165, 1.54) is 17.7 Å². The summed E-state index contributed by atoms with van der Waals surface area (Å²) < 4.78 is 17.5. The zero-order valence-corrected chi connectivity index (χ0v) is 24.2. The minimum atomic E-state index is -1.96. The molecule has 1 saturated heterocycles. The topological polar surface area (TPSA) is 87.1 Å². The highest BCUT2D eigenvalue weighted by Crippen LogP contribution is 2.72. The van der Waals surface area contributed by atoms with Crippen molar-refractivity contribution >= 4 is 11.6 Å². The molecule has 1 aliphatic heterocycles. The number of nitrogens with zero attached hydrogens (tertiary/aromatic N) is 1. The van der Waals surface area contributed by atoms with E-state index in [9.17, 15) is 19.8 Å². The number of ketones is 2. The van der Waals surface area contributed by atoms with Gasteiger partial charge in [0, 0.05) is 35.8 Å². The lowest BCUT2D eigenvalue weighted by Gasteiger charge is -2.62. The smallest absolute Gasteiger partial charge is 0.192 e. The summed E-state index contributed by atoms with van der Waals surface area (Å²) in [6.45, 7) is 10.6. The number of carbonyl (C=O) groups is 2. The van der Waals surface area contributed by atoms with Crippen LogP contribution in [0.25, 0.3) is 0 Å². The molecule has 0 bridgehead atoms. The molecular weight excluding hydrogens is 509 g/mol. The lowest BCUT2D eigenvalue weighted by Crippen LogP contribution is -2.69. The molecule has 5 aliphatic rings. The van der Waals surface area contributed by atoms with Gasteiger partial charge in [-0.05, 0) is 67.2 Å². The van der Waals surface area contributed by atoms with Crippen LogP contribution in [0.4, 0.5) is 4.39 Å². The number of hydroxylamine groups is 2. The summed E-state index contributed by atoms with van der Waals surface area (Å²) in [6.07, 6.45) is 4.96. The first-order chi connectivity index (χ1) is 18.7. The number of benzene rings is 1. The molecule has 0 radical (unpaired) electrons. The third kappa shape index (κ3) is 3.53. The maximum Gasteiger partial charge on any atom is 0.192 e. The zero-order valence-electron chi connectivity index (χ0n) is 24.2. The summed E-state index contributed by atoms with van der Waals surface area (Å²) >= 11 is 0. The molecule has 7 heteroatoms. The number of aliphatic hydroxyl groups excluding tert-OH is 2. The van der Waals surface area contributed by atoms with Gasteiger partial charge in [0.15, 0.2) is 22.8 Å². The Balaban J connectivity index is 1.33. The number of halogens is 1. The standard InChI is InChI=1S/C33H42FNO5/c1-29(2,3)21-8-6-20(7-9-21)17-35-18-23-15-26-25-11-10-22-14-24(37)12-13-30(22,4)32(25,34)27(38)16-31(26,5)33(23,40-35)28(39)19-36/h6-9,12-14,23,25-27,36,38H,10-11,15-19H2,1-5H3/t23-,25-,26-,27-,30-,31-,32-,33-/m0/s1. The first-order valence-electron chi connectivity index (χ1n) is 14.7. The van der Waals surface area contributed by atoms with Crippen LogP contribution >= 0.6 is 0 Å². The zero-order chi connectivity index (χ0) is 28.9. The SMILES string of the molecule is CC(C)(C)c1ccc(CN2C[C@@H]3C[C@H]4[C@@H]5CCC6=CC(=O)C=C[C@]6(C)[C@@]5(F)[C@@H](O)C[C@]4(C)[C@]3(C(=O)CO)O2)cc1. The largest absolute Gasteiger partial charge is 0.390 e. The predicted molar refractivity (Wildman–Crippen MR) is 149 cm³/mol. The van der Waals surface area contributed by atoms with E-state index in [2.05, 4.69) is 45.0 Å². The number of hydrogen-bond acceptors (Lipinski definition) is 6. The van der Waals surface area contributed by atoms with E-state index >= 15 is 4.39 Å². The number of alkyl halides is 1. The second-order valence-corrected chi connectivity index (χ2v) is 14.4. The highest BCUT2D eigenvalue weighted by Gasteiger charge is 2.78. The molecule has 6 nitrogen and oxygen atoms in total. The van der Waals surface area contributed by atoms with Crippen LogP contribution in [0.2, 0.25) is 0 Å². The van der Waals surface area contributed by atoms with E-state index in [-0.39, 0.29) is 29.5 Å². The number of fused-ring (bicyclic) bond motifs is 7. The molecule has 4 aliphatic carbocycles. The molecule has 0 unspecified atom stereocenters. The van der Waals surface area contributed by atoms with E-state index in [0.717, 1.165) is 11.1 Å². The fraction of sp³-hybridized carbons (Fsp3) is 0.636. The molecular formula is C33H42FNO5. The molecule has 2 N–H and O–H groups in total. The van der Waals surface area contributed by atoms with Crippen molar-refractivity contribution in [3.63, 3.8) is 0 Å². The molecule has 6 rings (SSSR count). The van der Waals surface area contributed by atoms with Gasteiger partial charge in [-0.15, -0.1) is 0 Å². The predicted octanol–water partition coefficient (Wildman–Crippen LogP) is 4.63. The summed E-state index contributed by atoms with van der Waals surface area (Å²) in [5, 5.41) is 23.7. The van der Waals surface area contributed by atoms with Crippen LogP contribution in [0.1, 0.15) is 71.4 Å². The van der Waals surface area contributed by atoms with Gasteiger partial charge in [0.2, 0.25) is 0 Å². The highest BCUT2D eigenvalue weighted by molar-refractivity contribution is 6.01. The van der Waals surface area contributed by atoms with Gasteiger partial charge in [0.25, 0.3) is 0 Å². The number of rotatable bonds is 4. The van der Waals surface area contributed by atoms with Crippen molar-refractivity contribution in [3.05, 3.63) is 59.2 Å². The molecule has 8 atom stereocenters. The lowest BCUT2D eigenvalue weighted by molar-refractivity contribution is -0.268. The van der Waals surface area contributed by atoms with Crippen molar-refractivity contribution in [2.75, 3.05) is 13.2 Å². The van der Waals surface area contributed by atoms with Crippen molar-refractivity contribution in [2.24, 2.45) is 28.6 Å². The molecule has 0 spiro atoms. The van der Waals surface area contributed by atoms with Crippen molar-refractivity contribution < 1.29 is 29.0 Å². The van der Waals surface area contributed by atoms with Crippen LogP contribution in [-0.2, 0) is 26.4 Å². The molecule has 216 valence electrons. The lowest BCUT2D eigenvalue weighted by atomic mass is 9.44. The Kier molecular flexibility index (Phi) is 6.22. The van der Waals surface area contributed by atoms with Gasteiger partial charge in [-0.2, -0.15) is 5.06 Å². The van der Waals surface area contributed by atoms with Gasteiger partial charge < -0.3 is 10.2 Å². The minimum Gasteiger partial charge on any atom is -0.390 e. The number of Topliss-reactive ketones (excluding diaryl/α,β-unsaturated/α-hetero) is 1. The van der Waals surface area contributed by atoms with Crippen molar-refractivity contribution in [1.29, 1.82) is 0 Å². The number of carbonyl (C=O) groups excluding carboxylic acids is 2. The van der Waals surface area contributed by atoms with Gasteiger partial charge in [-0.25, -0.2) is 4.39 Å². The molecule has 0 amide bonds. The average Bonchev–Trinajstić information content (AvgIpc) is 3.37. The average molecular weight is 552 g/mol. The summed E-state index contributed by atoms with van der Waals surface area (Å²) in [5.74, 6) is -1.47. The molecule has 3 saturated carbocycles. The Morgan fingerprint density at radius 3 is 2.52 bits per heavy atom. The van der Waals surface area contributed by atoms with E-state index in [0.29, 0.717) is 32.4 Å². The summed E-state index contributed by atoms with van der Waals surface area (Å²) in [5.41, 5.74) is -2.14. The maximum absolute atomic E-state index is 17.5. The Morgan fingerprint density at radius 2 is 1.88 bits per heavy atom. The molecule has 4 fully saturated rings. The summed E-state index contributed by atoms with van der Waals surface area (Å²) in [4.78, 5) is 32.4. The molecule has 1 heterocycles. The van der Waals surface area contributed by atoms with Crippen LogP contribution in [0.3, 0.4) is 0 Å². The third-order valence-electron chi connectivity index (χ3n) is 11.4. The Labute approximate surface area is 236 Å². The van der Waals surface area contributed by atoms with Crippen LogP contribution < -0.4 is 0 Å². The quantitative estimate of drug-likeness (QED) is 0.568. The summed E-state index contributed by atoms with van der Waals surface area (Å²) in [7, 11) is 0. The van der Waals surface area contributed by atoms with Gasteiger partial charge >= 0.3 is 0 Å². The molecule has 1 aromatic rings. The number of hydrogen-bond donors (Lipinski definition) is 2. The van der Waals surface area contributed by atoms with Crippen LogP contribution in [-0.4, -0.2) is 57.4 Å². The highest BCUT2D eigenvalue weighted by atomic mass is 19.1. The molecule has 0 aromatic heterocycles. The van der Waals surface area contributed by atoms with Crippen molar-refractivity contribution in [2.45, 2.75) is 89.6 Å². The molecule has 1 aromatic carbocycles. The van der Waals surface area contributed by atoms with Crippen LogP contribution in [0.15, 0.2) is 48.1 Å². The van der Waals surface area contributed by atoms with E-state index in [1.807, 2.05) is 12.0 Å². The second kappa shape index (κ2) is 8.90. The van der Waals surface area contributed by atoms with Crippen molar-refractivity contribution in [3.8, 4) is 0 Å². The monoisotopic (exact) mass is 551 g/mol. The van der Waals surface area contributed by atoms with Crippen molar-refractivity contribution in [1.82, 2.24) is 5.06 Å². The van der Waals surface area contributed by atoms with Gasteiger partial charge in [0.1, 0.15) is 6.61 Å². The Morgan fingerprint density at radius 1 is 1.18 bits per heavy atom. The molecule has 40 heavy (non-hydrogen) atoms. The normalized spacial score (nSPS) is 42.6. The first-order valence-corrected chi connectivity index (χ1v) is 14.7. The number of allylic oxidation sites excluding steroid dienone is 4. The van der Waals surface area contributed by atoms with E-state index in [4.69, 9.17) is 4.84 Å². The van der Waals surface area contributed by atoms with E-state index in [1.54, 1.807) is 13.0 Å². The number of aliphatic hydroxyl groups is 2. The van der Waals surface area contributed by atoms with Gasteiger partial charge in [-0.1, -0.05) is 63.6 Å². The van der Waals surface area contributed by atoms with Gasteiger partial charge in [-0.3, -0.25) is 14.4 Å². The summed E-state index contributed by atoms with van der Waals surface area (Å²) in [6, 6.07) is 8.41. The Bertz CT molecular complexity index is 1300. The van der Waals surface area contributed by atoms with E-state index < -0.39 is 46.5 Å². The third-order valence-corrected chi connectivity index (χ3v) is 11.4. The van der Waals surface area contributed by atoms with Gasteiger partial charge in [0.05, 0.1) is 6.10 Å². The second-order valence-electron chi connectivity index (χ2n) is 14.4. The fourth-order valence-electron chi connectivity index (χ4n) is 9.35. The first kappa shape index (κ1) is 28.0. The minimum absolute atomic E-state index is 0.0457. The van der Waals surface area contributed by atoms with Crippen LogP contribution in [0.5, 0.6) is 0 Å². The fourth-order valence-corrected chi connectivity index (χ4v) is 9.35. The maximum atomic E-state index is 17.5.